The second kappa shape index (κ2) is 4.71. The number of hydrogen-bond donors (Lipinski definition) is 1. The van der Waals surface area contributed by atoms with Crippen LogP contribution in [-0.4, -0.2) is 31.3 Å². The van der Waals surface area contributed by atoms with Gasteiger partial charge in [0.1, 0.15) is 0 Å². The molecule has 1 saturated heterocycles. The zero-order valence-corrected chi connectivity index (χ0v) is 12.9. The van der Waals surface area contributed by atoms with Gasteiger partial charge in [-0.05, 0) is 58.4 Å². The summed E-state index contributed by atoms with van der Waals surface area (Å²) in [5.41, 5.74) is 2.19. The van der Waals surface area contributed by atoms with Crippen LogP contribution in [0.5, 0.6) is 0 Å². The van der Waals surface area contributed by atoms with Crippen molar-refractivity contribution < 1.29 is 4.74 Å². The van der Waals surface area contributed by atoms with Gasteiger partial charge in [0.25, 0.3) is 0 Å². The van der Waals surface area contributed by atoms with Crippen molar-refractivity contribution in [2.45, 2.75) is 51.4 Å². The van der Waals surface area contributed by atoms with Crippen molar-refractivity contribution in [3.63, 3.8) is 0 Å². The van der Waals surface area contributed by atoms with Crippen LogP contribution in [-0.2, 0) is 4.74 Å². The first-order valence-electron chi connectivity index (χ1n) is 6.94. The van der Waals surface area contributed by atoms with E-state index in [1.54, 1.807) is 0 Å². The van der Waals surface area contributed by atoms with Crippen LogP contribution >= 0.6 is 0 Å². The Bertz CT molecular complexity index is 435. The third kappa shape index (κ3) is 3.21. The molecule has 0 aromatic heterocycles. The SMILES string of the molecule is CN(C)c1ccc(NC2CC(C)(C)OC2(C)C)cc1. The highest BCUT2D eigenvalue weighted by Gasteiger charge is 2.45. The summed E-state index contributed by atoms with van der Waals surface area (Å²) >= 11 is 0. The van der Waals surface area contributed by atoms with Crippen molar-refractivity contribution >= 4 is 11.4 Å². The number of benzene rings is 1. The van der Waals surface area contributed by atoms with E-state index in [4.69, 9.17) is 4.74 Å². The fourth-order valence-electron chi connectivity index (χ4n) is 2.84. The second-order valence-electron chi connectivity index (χ2n) is 6.81. The van der Waals surface area contributed by atoms with Gasteiger partial charge in [-0.25, -0.2) is 0 Å². The van der Waals surface area contributed by atoms with Gasteiger partial charge in [0, 0.05) is 25.5 Å². The zero-order valence-electron chi connectivity index (χ0n) is 12.9. The van der Waals surface area contributed by atoms with Crippen molar-refractivity contribution in [1.29, 1.82) is 0 Å². The van der Waals surface area contributed by atoms with Crippen LogP contribution in [0.4, 0.5) is 11.4 Å². The smallest absolute Gasteiger partial charge is 0.0834 e. The Morgan fingerprint density at radius 1 is 1.11 bits per heavy atom. The monoisotopic (exact) mass is 262 g/mol. The molecule has 1 aromatic rings. The molecule has 0 spiro atoms. The van der Waals surface area contributed by atoms with E-state index >= 15 is 0 Å². The fraction of sp³-hybridized carbons (Fsp3) is 0.625. The van der Waals surface area contributed by atoms with E-state index in [-0.39, 0.29) is 11.2 Å². The van der Waals surface area contributed by atoms with Gasteiger partial charge in [0.2, 0.25) is 0 Å². The molecule has 3 nitrogen and oxygen atoms in total. The first-order valence-corrected chi connectivity index (χ1v) is 6.94. The number of hydrogen-bond acceptors (Lipinski definition) is 3. The van der Waals surface area contributed by atoms with E-state index in [1.807, 2.05) is 0 Å². The Kier molecular flexibility index (Phi) is 3.52. The van der Waals surface area contributed by atoms with E-state index in [9.17, 15) is 0 Å². The molecule has 1 aliphatic rings. The Balaban J connectivity index is 2.09. The van der Waals surface area contributed by atoms with E-state index < -0.39 is 0 Å². The molecule has 1 aliphatic heterocycles. The number of ether oxygens (including phenoxy) is 1. The molecule has 0 radical (unpaired) electrons. The van der Waals surface area contributed by atoms with Crippen molar-refractivity contribution in [3.8, 4) is 0 Å². The highest BCUT2D eigenvalue weighted by molar-refractivity contribution is 5.55. The molecule has 1 fully saturated rings. The van der Waals surface area contributed by atoms with Crippen LogP contribution in [0.2, 0.25) is 0 Å². The predicted molar refractivity (Wildman–Crippen MR) is 82.0 cm³/mol. The average Bonchev–Trinajstić information content (AvgIpc) is 2.47. The van der Waals surface area contributed by atoms with E-state index in [0.717, 1.165) is 12.1 Å². The van der Waals surface area contributed by atoms with E-state index in [2.05, 4.69) is 76.3 Å². The molecule has 1 N–H and O–H groups in total. The van der Waals surface area contributed by atoms with Gasteiger partial charge in [-0.15, -0.1) is 0 Å². The lowest BCUT2D eigenvalue weighted by Gasteiger charge is -2.28. The first kappa shape index (κ1) is 14.2. The lowest BCUT2D eigenvalue weighted by molar-refractivity contribution is -0.0662. The van der Waals surface area contributed by atoms with Crippen LogP contribution in [0.1, 0.15) is 34.1 Å². The summed E-state index contributed by atoms with van der Waals surface area (Å²) in [5, 5.41) is 3.61. The molecule has 1 heterocycles. The fourth-order valence-corrected chi connectivity index (χ4v) is 2.84. The Morgan fingerprint density at radius 2 is 1.68 bits per heavy atom. The summed E-state index contributed by atoms with van der Waals surface area (Å²) < 4.78 is 6.11. The van der Waals surface area contributed by atoms with Gasteiger partial charge in [0.05, 0.1) is 17.2 Å². The van der Waals surface area contributed by atoms with Crippen LogP contribution in [0.3, 0.4) is 0 Å². The molecule has 1 unspecified atom stereocenters. The summed E-state index contributed by atoms with van der Waals surface area (Å²) in [6.07, 6.45) is 1.02. The van der Waals surface area contributed by atoms with Gasteiger partial charge in [0.15, 0.2) is 0 Å². The van der Waals surface area contributed by atoms with Gasteiger partial charge in [-0.3, -0.25) is 0 Å². The van der Waals surface area contributed by atoms with Gasteiger partial charge in [-0.1, -0.05) is 0 Å². The molecule has 0 saturated carbocycles. The van der Waals surface area contributed by atoms with Crippen molar-refractivity contribution in [1.82, 2.24) is 0 Å². The van der Waals surface area contributed by atoms with Crippen LogP contribution < -0.4 is 10.2 Å². The van der Waals surface area contributed by atoms with Gasteiger partial charge >= 0.3 is 0 Å². The zero-order chi connectivity index (χ0) is 14.3. The maximum absolute atomic E-state index is 6.11. The quantitative estimate of drug-likeness (QED) is 0.902. The minimum atomic E-state index is -0.135. The highest BCUT2D eigenvalue weighted by atomic mass is 16.5. The molecule has 2 rings (SSSR count). The Morgan fingerprint density at radius 3 is 2.11 bits per heavy atom. The third-order valence-electron chi connectivity index (χ3n) is 3.80. The number of nitrogens with one attached hydrogen (secondary N) is 1. The van der Waals surface area contributed by atoms with Crippen LogP contribution in [0.25, 0.3) is 0 Å². The van der Waals surface area contributed by atoms with Gasteiger partial charge < -0.3 is 15.0 Å². The van der Waals surface area contributed by atoms with Crippen LogP contribution in [0.15, 0.2) is 24.3 Å². The topological polar surface area (TPSA) is 24.5 Å². The third-order valence-corrected chi connectivity index (χ3v) is 3.80. The summed E-state index contributed by atoms with van der Waals surface area (Å²) in [6, 6.07) is 8.88. The summed E-state index contributed by atoms with van der Waals surface area (Å²) in [6.45, 7) is 8.64. The number of nitrogens with zero attached hydrogens (tertiary/aromatic N) is 1. The summed E-state index contributed by atoms with van der Waals surface area (Å²) in [5.74, 6) is 0. The maximum atomic E-state index is 6.11. The molecular weight excluding hydrogens is 236 g/mol. The largest absolute Gasteiger partial charge is 0.379 e. The molecule has 1 atom stereocenters. The second-order valence-corrected chi connectivity index (χ2v) is 6.81. The minimum Gasteiger partial charge on any atom is -0.379 e. The minimum absolute atomic E-state index is 0.0508. The molecule has 0 aliphatic carbocycles. The van der Waals surface area contributed by atoms with Gasteiger partial charge in [-0.2, -0.15) is 0 Å². The van der Waals surface area contributed by atoms with Crippen molar-refractivity contribution in [3.05, 3.63) is 24.3 Å². The molecule has 3 heteroatoms. The van der Waals surface area contributed by atoms with Crippen molar-refractivity contribution in [2.75, 3.05) is 24.3 Å². The standard InChI is InChI=1S/C16H26N2O/c1-15(2)11-14(16(3,4)19-15)17-12-7-9-13(10-8-12)18(5)6/h7-10,14,17H,11H2,1-6H3. The van der Waals surface area contributed by atoms with E-state index in [1.165, 1.54) is 5.69 Å². The number of rotatable bonds is 3. The number of anilines is 2. The van der Waals surface area contributed by atoms with Crippen molar-refractivity contribution in [2.24, 2.45) is 0 Å². The normalized spacial score (nSPS) is 24.2. The van der Waals surface area contributed by atoms with Crippen LogP contribution in [0, 0.1) is 0 Å². The molecule has 1 aromatic carbocycles. The molecule has 106 valence electrons. The lowest BCUT2D eigenvalue weighted by atomic mass is 9.94. The summed E-state index contributed by atoms with van der Waals surface area (Å²) in [7, 11) is 4.11. The molecule has 19 heavy (non-hydrogen) atoms. The first-order chi connectivity index (χ1) is 8.70. The average molecular weight is 262 g/mol. The highest BCUT2D eigenvalue weighted by Crippen LogP contribution is 2.38. The molecule has 0 amide bonds. The van der Waals surface area contributed by atoms with E-state index in [0.29, 0.717) is 6.04 Å². The predicted octanol–water partition coefficient (Wildman–Crippen LogP) is 3.51. The molecule has 0 bridgehead atoms. The Hall–Kier alpha value is -1.22. The summed E-state index contributed by atoms with van der Waals surface area (Å²) in [4.78, 5) is 2.11. The lowest BCUT2D eigenvalue weighted by Crippen LogP contribution is -2.38. The maximum Gasteiger partial charge on any atom is 0.0834 e. The Labute approximate surface area is 116 Å². The molecular formula is C16H26N2O.